The van der Waals surface area contributed by atoms with Crippen molar-refractivity contribution in [2.75, 3.05) is 0 Å². The number of aromatic nitrogens is 2. The summed E-state index contributed by atoms with van der Waals surface area (Å²) in [6.07, 6.45) is 13.1. The number of rotatable bonds is 1. The first-order valence-electron chi connectivity index (χ1n) is 10.9. The first-order valence-corrected chi connectivity index (χ1v) is 10.9. The lowest BCUT2D eigenvalue weighted by molar-refractivity contribution is -0.130. The fourth-order valence-corrected chi connectivity index (χ4v) is 7.15. The van der Waals surface area contributed by atoms with E-state index >= 15 is 0 Å². The zero-order valence-corrected chi connectivity index (χ0v) is 17.3. The van der Waals surface area contributed by atoms with Crippen LogP contribution in [0.5, 0.6) is 0 Å². The maximum absolute atomic E-state index is 13.4. The Hall–Kier alpha value is -1.68. The molecule has 3 saturated carbocycles. The van der Waals surface area contributed by atoms with Crippen LogP contribution in [0.3, 0.4) is 0 Å². The van der Waals surface area contributed by atoms with Crippen molar-refractivity contribution in [3.05, 3.63) is 35.2 Å². The van der Waals surface area contributed by atoms with E-state index < -0.39 is 0 Å². The Morgan fingerprint density at radius 2 is 1.96 bits per heavy atom. The molecule has 0 aliphatic heterocycles. The second-order valence-corrected chi connectivity index (χ2v) is 10.2. The van der Waals surface area contributed by atoms with Gasteiger partial charge in [-0.1, -0.05) is 25.5 Å². The molecule has 1 N–H and O–H groups in total. The Bertz CT molecular complexity index is 881. The molecule has 0 amide bonds. The van der Waals surface area contributed by atoms with E-state index in [2.05, 4.69) is 31.1 Å². The van der Waals surface area contributed by atoms with Crippen molar-refractivity contribution in [3.63, 3.8) is 0 Å². The van der Waals surface area contributed by atoms with Crippen molar-refractivity contribution in [1.29, 1.82) is 0 Å². The van der Waals surface area contributed by atoms with Gasteiger partial charge in [0.25, 0.3) is 0 Å². The molecule has 0 radical (unpaired) electrons. The monoisotopic (exact) mass is 380 g/mol. The number of allylic oxidation sites excluding steroid dienone is 2. The highest BCUT2D eigenvalue weighted by Gasteiger charge is 2.59. The third kappa shape index (κ3) is 2.46. The lowest BCUT2D eigenvalue weighted by Crippen LogP contribution is -2.50. The lowest BCUT2D eigenvalue weighted by Gasteiger charge is -2.56. The van der Waals surface area contributed by atoms with Crippen LogP contribution in [0.25, 0.3) is 6.08 Å². The van der Waals surface area contributed by atoms with Gasteiger partial charge >= 0.3 is 0 Å². The number of ketones is 1. The van der Waals surface area contributed by atoms with E-state index in [0.29, 0.717) is 23.5 Å². The average molecular weight is 381 g/mol. The quantitative estimate of drug-likeness (QED) is 0.583. The number of nitrogens with zero attached hydrogens (tertiary/aromatic N) is 2. The minimum atomic E-state index is -0.207. The molecular weight excluding hydrogens is 348 g/mol. The van der Waals surface area contributed by atoms with Crippen LogP contribution in [0, 0.1) is 28.6 Å². The molecule has 1 aromatic rings. The maximum Gasteiger partial charge on any atom is 0.165 e. The summed E-state index contributed by atoms with van der Waals surface area (Å²) in [7, 11) is 1.93. The number of aliphatic hydroxyl groups is 1. The van der Waals surface area contributed by atoms with Crippen LogP contribution in [0.4, 0.5) is 0 Å². The minimum Gasteiger partial charge on any atom is -0.393 e. The summed E-state index contributed by atoms with van der Waals surface area (Å²) in [5.74, 6) is 2.06. The molecule has 0 spiro atoms. The Balaban J connectivity index is 1.49. The van der Waals surface area contributed by atoms with Crippen molar-refractivity contribution in [2.45, 2.75) is 64.9 Å². The van der Waals surface area contributed by atoms with Gasteiger partial charge in [0, 0.05) is 18.7 Å². The van der Waals surface area contributed by atoms with Gasteiger partial charge in [-0.15, -0.1) is 0 Å². The van der Waals surface area contributed by atoms with Crippen LogP contribution < -0.4 is 0 Å². The van der Waals surface area contributed by atoms with Gasteiger partial charge < -0.3 is 5.11 Å². The molecular formula is C24H32N2O2. The number of aryl methyl sites for hydroxylation is 1. The van der Waals surface area contributed by atoms with E-state index in [1.54, 1.807) is 6.20 Å². The molecule has 0 aromatic carbocycles. The maximum atomic E-state index is 13.4. The van der Waals surface area contributed by atoms with Crippen LogP contribution in [-0.4, -0.2) is 26.8 Å². The predicted molar refractivity (Wildman–Crippen MR) is 109 cm³/mol. The molecule has 5 rings (SSSR count). The van der Waals surface area contributed by atoms with Crippen LogP contribution in [0.15, 0.2) is 29.5 Å². The number of fused-ring (bicyclic) bond motifs is 5. The molecule has 150 valence electrons. The number of hydrogen-bond acceptors (Lipinski definition) is 3. The van der Waals surface area contributed by atoms with Gasteiger partial charge in [-0.05, 0) is 85.8 Å². The second-order valence-electron chi connectivity index (χ2n) is 10.2. The number of Topliss-reactive ketones (excluding diaryl/α,β-unsaturated/α-hetero) is 1. The highest BCUT2D eigenvalue weighted by molar-refractivity contribution is 6.05. The largest absolute Gasteiger partial charge is 0.393 e. The standard InChI is InChI=1S/C24H32N2O2/c1-23-9-6-18(27)14-16(23)4-5-19-20(23)7-10-24(2)21(19)13-15(22(24)28)12-17-8-11-25-26(17)3/h4,8,11-12,18-21,27H,5-7,9-10,13-14H2,1-3H3/b15-12+/t18-,19-,20+,21+,23+,24+/m1/s1. The van der Waals surface area contributed by atoms with Crippen molar-refractivity contribution in [1.82, 2.24) is 9.78 Å². The zero-order chi connectivity index (χ0) is 19.7. The minimum absolute atomic E-state index is 0.161. The highest BCUT2D eigenvalue weighted by Crippen LogP contribution is 2.64. The van der Waals surface area contributed by atoms with E-state index in [-0.39, 0.29) is 16.9 Å². The SMILES string of the molecule is Cn1nccc1/C=C1\C[C@H]2[C@@H]3CC=C4C[C@H](O)CC[C@]4(C)[C@H]3CC[C@]2(C)C1=O. The van der Waals surface area contributed by atoms with E-state index in [1.165, 1.54) is 5.57 Å². The topological polar surface area (TPSA) is 55.1 Å². The summed E-state index contributed by atoms with van der Waals surface area (Å²) in [6, 6.07) is 1.98. The molecule has 4 aliphatic carbocycles. The Kier molecular flexibility index (Phi) is 4.04. The van der Waals surface area contributed by atoms with Gasteiger partial charge in [-0.25, -0.2) is 0 Å². The first kappa shape index (κ1) is 18.4. The lowest BCUT2D eigenvalue weighted by atomic mass is 9.48. The molecule has 4 heteroatoms. The van der Waals surface area contributed by atoms with E-state index in [0.717, 1.165) is 56.2 Å². The Morgan fingerprint density at radius 3 is 2.71 bits per heavy atom. The van der Waals surface area contributed by atoms with Crippen molar-refractivity contribution < 1.29 is 9.90 Å². The summed E-state index contributed by atoms with van der Waals surface area (Å²) in [6.45, 7) is 4.67. The molecule has 1 aromatic heterocycles. The molecule has 1 heterocycles. The third-order valence-electron chi connectivity index (χ3n) is 8.90. The molecule has 0 saturated heterocycles. The van der Waals surface area contributed by atoms with Gasteiger partial charge in [0.1, 0.15) is 0 Å². The Morgan fingerprint density at radius 1 is 1.18 bits per heavy atom. The van der Waals surface area contributed by atoms with E-state index in [9.17, 15) is 9.90 Å². The van der Waals surface area contributed by atoms with Gasteiger partial charge in [0.2, 0.25) is 0 Å². The summed E-state index contributed by atoms with van der Waals surface area (Å²) in [5, 5.41) is 14.4. The van der Waals surface area contributed by atoms with Crippen LogP contribution in [0.2, 0.25) is 0 Å². The smallest absolute Gasteiger partial charge is 0.165 e. The van der Waals surface area contributed by atoms with Crippen LogP contribution in [-0.2, 0) is 11.8 Å². The number of hydrogen-bond donors (Lipinski definition) is 1. The van der Waals surface area contributed by atoms with E-state index in [1.807, 2.05) is 17.8 Å². The summed E-state index contributed by atoms with van der Waals surface area (Å²) >= 11 is 0. The van der Waals surface area contributed by atoms with Gasteiger partial charge in [-0.2, -0.15) is 5.10 Å². The van der Waals surface area contributed by atoms with E-state index in [4.69, 9.17) is 0 Å². The van der Waals surface area contributed by atoms with Gasteiger partial charge in [0.15, 0.2) is 5.78 Å². The molecule has 4 nitrogen and oxygen atoms in total. The molecule has 28 heavy (non-hydrogen) atoms. The number of carbonyl (C=O) groups is 1. The van der Waals surface area contributed by atoms with Crippen molar-refractivity contribution >= 4 is 11.9 Å². The Labute approximate surface area is 167 Å². The van der Waals surface area contributed by atoms with Gasteiger partial charge in [0.05, 0.1) is 11.8 Å². The normalized spacial score (nSPS) is 44.1. The number of carbonyl (C=O) groups excluding carboxylic acids is 1. The summed E-state index contributed by atoms with van der Waals surface area (Å²) in [4.78, 5) is 13.4. The summed E-state index contributed by atoms with van der Waals surface area (Å²) in [5.41, 5.74) is 3.52. The fourth-order valence-electron chi connectivity index (χ4n) is 7.15. The first-order chi connectivity index (χ1) is 13.3. The second kappa shape index (κ2) is 6.16. The summed E-state index contributed by atoms with van der Waals surface area (Å²) < 4.78 is 1.84. The fraction of sp³-hybridized carbons (Fsp3) is 0.667. The highest BCUT2D eigenvalue weighted by atomic mass is 16.3. The third-order valence-corrected chi connectivity index (χ3v) is 8.90. The van der Waals surface area contributed by atoms with Crippen molar-refractivity contribution in [2.24, 2.45) is 35.6 Å². The molecule has 3 fully saturated rings. The van der Waals surface area contributed by atoms with Crippen LogP contribution >= 0.6 is 0 Å². The number of aliphatic hydroxyl groups excluding tert-OH is 1. The molecule has 0 bridgehead atoms. The van der Waals surface area contributed by atoms with Gasteiger partial charge in [-0.3, -0.25) is 9.48 Å². The zero-order valence-electron chi connectivity index (χ0n) is 17.3. The molecule has 4 aliphatic rings. The average Bonchev–Trinajstić information content (AvgIpc) is 3.18. The predicted octanol–water partition coefficient (Wildman–Crippen LogP) is 4.31. The molecule has 6 atom stereocenters. The molecule has 0 unspecified atom stereocenters. The van der Waals surface area contributed by atoms with Crippen LogP contribution in [0.1, 0.15) is 64.5 Å². The van der Waals surface area contributed by atoms with Crippen molar-refractivity contribution in [3.8, 4) is 0 Å².